The summed E-state index contributed by atoms with van der Waals surface area (Å²) in [6.07, 6.45) is -1.25. The van der Waals surface area contributed by atoms with Crippen LogP contribution in [0.1, 0.15) is 37.3 Å². The maximum Gasteiger partial charge on any atom is 0.411 e. The summed E-state index contributed by atoms with van der Waals surface area (Å²) >= 11 is 0. The molecule has 0 aromatic heterocycles. The molecule has 0 aliphatic carbocycles. The molecule has 2 rings (SSSR count). The smallest absolute Gasteiger partial charge is 0.381 e. The van der Waals surface area contributed by atoms with Gasteiger partial charge in [0.15, 0.2) is 5.96 Å². The number of nitrogens with zero attached hydrogens (tertiary/aromatic N) is 1. The summed E-state index contributed by atoms with van der Waals surface area (Å²) in [7, 11) is 0. The molecule has 0 bridgehead atoms. The maximum atomic E-state index is 12.1. The van der Waals surface area contributed by atoms with Crippen LogP contribution in [0.15, 0.2) is 29.3 Å². The molecule has 2 N–H and O–H groups in total. The van der Waals surface area contributed by atoms with Gasteiger partial charge < -0.3 is 24.8 Å². The highest BCUT2D eigenvalue weighted by atomic mass is 127. The first-order valence-electron chi connectivity index (χ1n) is 10.9. The van der Waals surface area contributed by atoms with Crippen molar-refractivity contribution in [1.82, 2.24) is 10.6 Å². The van der Waals surface area contributed by atoms with E-state index >= 15 is 0 Å². The van der Waals surface area contributed by atoms with E-state index in [0.29, 0.717) is 24.6 Å². The molecule has 1 aliphatic rings. The molecule has 1 aliphatic heterocycles. The number of alkyl halides is 3. The van der Waals surface area contributed by atoms with Crippen LogP contribution < -0.4 is 10.6 Å². The van der Waals surface area contributed by atoms with Crippen LogP contribution in [0.25, 0.3) is 0 Å². The fourth-order valence-electron chi connectivity index (χ4n) is 3.08. The molecule has 0 spiro atoms. The van der Waals surface area contributed by atoms with Gasteiger partial charge in [-0.05, 0) is 43.2 Å². The monoisotopic (exact) mass is 573 g/mol. The normalized spacial score (nSPS) is 15.3. The third-order valence-corrected chi connectivity index (χ3v) is 4.77. The van der Waals surface area contributed by atoms with Gasteiger partial charge in [0.2, 0.25) is 0 Å². The first kappa shape index (κ1) is 28.9. The van der Waals surface area contributed by atoms with Crippen LogP contribution in [0.3, 0.4) is 0 Å². The number of aliphatic imine (C=N–C) groups is 1. The highest BCUT2D eigenvalue weighted by Gasteiger charge is 2.27. The quantitative estimate of drug-likeness (QED) is 0.169. The first-order chi connectivity index (χ1) is 15.0. The van der Waals surface area contributed by atoms with E-state index in [4.69, 9.17) is 9.47 Å². The average molecular weight is 573 g/mol. The van der Waals surface area contributed by atoms with E-state index in [9.17, 15) is 13.2 Å². The second-order valence-corrected chi connectivity index (χ2v) is 7.53. The van der Waals surface area contributed by atoms with Gasteiger partial charge >= 0.3 is 6.18 Å². The minimum atomic E-state index is -4.30. The summed E-state index contributed by atoms with van der Waals surface area (Å²) in [5.74, 6) is 1.34. The molecule has 0 radical (unpaired) electrons. The molecule has 1 saturated heterocycles. The van der Waals surface area contributed by atoms with Gasteiger partial charge in [-0.15, -0.1) is 24.0 Å². The maximum absolute atomic E-state index is 12.1. The van der Waals surface area contributed by atoms with Crippen LogP contribution in [-0.4, -0.2) is 58.3 Å². The van der Waals surface area contributed by atoms with Crippen molar-refractivity contribution >= 4 is 29.9 Å². The summed E-state index contributed by atoms with van der Waals surface area (Å²) in [5.41, 5.74) is 1.67. The van der Waals surface area contributed by atoms with E-state index in [-0.39, 0.29) is 30.6 Å². The largest absolute Gasteiger partial charge is 0.411 e. The van der Waals surface area contributed by atoms with E-state index in [1.165, 1.54) is 0 Å². The summed E-state index contributed by atoms with van der Waals surface area (Å²) in [4.78, 5) is 4.56. The Morgan fingerprint density at radius 2 is 1.78 bits per heavy atom. The summed E-state index contributed by atoms with van der Waals surface area (Å²) in [6.45, 7) is 5.87. The number of hydrogen-bond acceptors (Lipinski definition) is 4. The molecule has 10 heteroatoms. The van der Waals surface area contributed by atoms with Crippen molar-refractivity contribution in [1.29, 1.82) is 0 Å². The zero-order valence-corrected chi connectivity index (χ0v) is 20.9. The molecular weight excluding hydrogens is 538 g/mol. The molecule has 1 heterocycles. The van der Waals surface area contributed by atoms with Crippen molar-refractivity contribution in [2.45, 2.75) is 45.5 Å². The van der Waals surface area contributed by atoms with E-state index in [2.05, 4.69) is 20.4 Å². The van der Waals surface area contributed by atoms with Crippen molar-refractivity contribution in [3.05, 3.63) is 35.4 Å². The lowest BCUT2D eigenvalue weighted by atomic mass is 10.0. The summed E-state index contributed by atoms with van der Waals surface area (Å²) in [5, 5.41) is 6.50. The lowest BCUT2D eigenvalue weighted by Crippen LogP contribution is -2.38. The van der Waals surface area contributed by atoms with Crippen LogP contribution in [-0.2, 0) is 27.4 Å². The number of benzene rings is 1. The molecular formula is C22H35F3IN3O3. The third kappa shape index (κ3) is 13.4. The lowest BCUT2D eigenvalue weighted by molar-refractivity contribution is -0.176. The Balaban J connectivity index is 0.00000512. The number of nitrogens with one attached hydrogen (secondary N) is 2. The molecule has 0 unspecified atom stereocenters. The second-order valence-electron chi connectivity index (χ2n) is 7.53. The fourth-order valence-corrected chi connectivity index (χ4v) is 3.08. The Labute approximate surface area is 205 Å². The summed E-state index contributed by atoms with van der Waals surface area (Å²) < 4.78 is 52.2. The Morgan fingerprint density at radius 3 is 2.44 bits per heavy atom. The molecule has 0 atom stereocenters. The van der Waals surface area contributed by atoms with E-state index < -0.39 is 12.8 Å². The fraction of sp³-hybridized carbons (Fsp3) is 0.682. The number of guanidine groups is 1. The standard InChI is InChI=1S/C22H34F3N3O3.HI/c1-2-26-21(27-10-3-11-30-15-20-8-12-29-13-9-20)28-14-18-4-6-19(7-5-18)16-31-17-22(23,24)25;/h4-7,20H,2-3,8-17H2,1H3,(H2,26,27,28);1H. The van der Waals surface area contributed by atoms with E-state index in [0.717, 1.165) is 63.7 Å². The predicted molar refractivity (Wildman–Crippen MR) is 129 cm³/mol. The van der Waals surface area contributed by atoms with Crippen molar-refractivity contribution < 1.29 is 27.4 Å². The van der Waals surface area contributed by atoms with Gasteiger partial charge in [-0.2, -0.15) is 13.2 Å². The Morgan fingerprint density at radius 1 is 1.09 bits per heavy atom. The molecule has 184 valence electrons. The predicted octanol–water partition coefficient (Wildman–Crippen LogP) is 4.27. The van der Waals surface area contributed by atoms with E-state index in [1.54, 1.807) is 12.1 Å². The van der Waals surface area contributed by atoms with Gasteiger partial charge in [-0.25, -0.2) is 4.99 Å². The van der Waals surface area contributed by atoms with Crippen LogP contribution in [0, 0.1) is 5.92 Å². The molecule has 32 heavy (non-hydrogen) atoms. The van der Waals surface area contributed by atoms with Gasteiger partial charge in [0, 0.05) is 39.5 Å². The average Bonchev–Trinajstić information content (AvgIpc) is 2.75. The Kier molecular flexibility index (Phi) is 14.9. The third-order valence-electron chi connectivity index (χ3n) is 4.77. The van der Waals surface area contributed by atoms with Gasteiger partial charge in [-0.3, -0.25) is 0 Å². The van der Waals surface area contributed by atoms with E-state index in [1.807, 2.05) is 19.1 Å². The zero-order chi connectivity index (χ0) is 22.4. The minimum absolute atomic E-state index is 0. The van der Waals surface area contributed by atoms with Crippen molar-refractivity contribution in [2.75, 3.05) is 46.1 Å². The SMILES string of the molecule is CCNC(=NCc1ccc(COCC(F)(F)F)cc1)NCCCOCC1CCOCC1.I. The molecule has 0 amide bonds. The minimum Gasteiger partial charge on any atom is -0.381 e. The number of rotatable bonds is 12. The highest BCUT2D eigenvalue weighted by molar-refractivity contribution is 14.0. The topological polar surface area (TPSA) is 64.1 Å². The van der Waals surface area contributed by atoms with Crippen LogP contribution >= 0.6 is 24.0 Å². The summed E-state index contributed by atoms with van der Waals surface area (Å²) in [6, 6.07) is 7.22. The molecule has 1 fully saturated rings. The van der Waals surface area contributed by atoms with Crippen molar-refractivity contribution in [3.8, 4) is 0 Å². The lowest BCUT2D eigenvalue weighted by Gasteiger charge is -2.21. The Hall–Kier alpha value is -1.11. The molecule has 1 aromatic carbocycles. The second kappa shape index (κ2) is 16.5. The van der Waals surface area contributed by atoms with Crippen LogP contribution in [0.5, 0.6) is 0 Å². The first-order valence-corrected chi connectivity index (χ1v) is 10.9. The van der Waals surface area contributed by atoms with Gasteiger partial charge in [0.1, 0.15) is 6.61 Å². The van der Waals surface area contributed by atoms with Crippen LogP contribution in [0.2, 0.25) is 0 Å². The number of ether oxygens (including phenoxy) is 3. The molecule has 0 saturated carbocycles. The molecule has 1 aromatic rings. The van der Waals surface area contributed by atoms with Gasteiger partial charge in [-0.1, -0.05) is 24.3 Å². The number of hydrogen-bond donors (Lipinski definition) is 2. The van der Waals surface area contributed by atoms with Gasteiger partial charge in [0.05, 0.1) is 13.2 Å². The van der Waals surface area contributed by atoms with Crippen molar-refractivity contribution in [2.24, 2.45) is 10.9 Å². The Bertz CT molecular complexity index is 640. The number of halogens is 4. The van der Waals surface area contributed by atoms with Gasteiger partial charge in [0.25, 0.3) is 0 Å². The highest BCUT2D eigenvalue weighted by Crippen LogP contribution is 2.16. The van der Waals surface area contributed by atoms with Crippen molar-refractivity contribution in [3.63, 3.8) is 0 Å². The zero-order valence-electron chi connectivity index (χ0n) is 18.6. The van der Waals surface area contributed by atoms with Crippen LogP contribution in [0.4, 0.5) is 13.2 Å². The molecule has 6 nitrogen and oxygen atoms in total.